The van der Waals surface area contributed by atoms with Crippen molar-refractivity contribution in [1.29, 1.82) is 0 Å². The van der Waals surface area contributed by atoms with Crippen LogP contribution in [0, 0.1) is 18.7 Å². The Bertz CT molecular complexity index is 524. The van der Waals surface area contributed by atoms with Crippen LogP contribution >= 0.6 is 0 Å². The minimum absolute atomic E-state index is 0.0262. The van der Waals surface area contributed by atoms with Crippen molar-refractivity contribution in [2.75, 3.05) is 6.54 Å². The van der Waals surface area contributed by atoms with E-state index in [1.54, 1.807) is 13.0 Å². The third kappa shape index (κ3) is 2.98. The molecule has 0 radical (unpaired) electrons. The lowest BCUT2D eigenvalue weighted by atomic mass is 9.93. The fourth-order valence-corrected chi connectivity index (χ4v) is 2.62. The van der Waals surface area contributed by atoms with E-state index in [2.05, 4.69) is 0 Å². The second kappa shape index (κ2) is 5.61. The molecule has 20 heavy (non-hydrogen) atoms. The SMILES string of the molecule is Cc1cc(F)cc(C(=O)N2CC(C(=O)O)CCC2C)c1. The number of rotatable bonds is 2. The maximum absolute atomic E-state index is 13.4. The summed E-state index contributed by atoms with van der Waals surface area (Å²) in [7, 11) is 0. The summed E-state index contributed by atoms with van der Waals surface area (Å²) in [6.45, 7) is 3.80. The Labute approximate surface area is 117 Å². The van der Waals surface area contributed by atoms with Crippen LogP contribution in [0.15, 0.2) is 18.2 Å². The molecule has 0 spiro atoms. The first-order valence-electron chi connectivity index (χ1n) is 6.69. The number of aryl methyl sites for hydroxylation is 1. The van der Waals surface area contributed by atoms with Crippen LogP contribution in [0.5, 0.6) is 0 Å². The van der Waals surface area contributed by atoms with Crippen LogP contribution in [0.4, 0.5) is 4.39 Å². The second-order valence-electron chi connectivity index (χ2n) is 5.44. The smallest absolute Gasteiger partial charge is 0.308 e. The summed E-state index contributed by atoms with van der Waals surface area (Å²) in [5.41, 5.74) is 0.952. The van der Waals surface area contributed by atoms with Gasteiger partial charge >= 0.3 is 5.97 Å². The molecule has 0 saturated carbocycles. The molecular weight excluding hydrogens is 261 g/mol. The largest absolute Gasteiger partial charge is 0.481 e. The van der Waals surface area contributed by atoms with E-state index in [0.717, 1.165) is 0 Å². The van der Waals surface area contributed by atoms with E-state index in [0.29, 0.717) is 18.4 Å². The zero-order valence-corrected chi connectivity index (χ0v) is 11.6. The molecule has 1 heterocycles. The molecule has 1 fully saturated rings. The molecule has 0 bridgehead atoms. The number of likely N-dealkylation sites (tertiary alicyclic amines) is 1. The predicted molar refractivity (Wildman–Crippen MR) is 72.0 cm³/mol. The number of carbonyl (C=O) groups excluding carboxylic acids is 1. The molecule has 1 amide bonds. The summed E-state index contributed by atoms with van der Waals surface area (Å²) >= 11 is 0. The number of benzene rings is 1. The summed E-state index contributed by atoms with van der Waals surface area (Å²) in [6, 6.07) is 4.16. The van der Waals surface area contributed by atoms with E-state index in [4.69, 9.17) is 5.11 Å². The van der Waals surface area contributed by atoms with Crippen molar-refractivity contribution in [3.63, 3.8) is 0 Å². The normalized spacial score (nSPS) is 22.6. The standard InChI is InChI=1S/C15H18FNO3/c1-9-5-12(7-13(16)6-9)14(18)17-8-11(15(19)20)4-3-10(17)2/h5-7,10-11H,3-4,8H2,1-2H3,(H,19,20). The Morgan fingerprint density at radius 2 is 2.00 bits per heavy atom. The fraction of sp³-hybridized carbons (Fsp3) is 0.467. The van der Waals surface area contributed by atoms with Gasteiger partial charge in [0.25, 0.3) is 5.91 Å². The first-order valence-corrected chi connectivity index (χ1v) is 6.69. The average molecular weight is 279 g/mol. The number of hydrogen-bond donors (Lipinski definition) is 1. The molecule has 0 aromatic heterocycles. The molecule has 4 nitrogen and oxygen atoms in total. The topological polar surface area (TPSA) is 57.6 Å². The Balaban J connectivity index is 2.24. The lowest BCUT2D eigenvalue weighted by Gasteiger charge is -2.36. The first-order chi connectivity index (χ1) is 9.38. The highest BCUT2D eigenvalue weighted by Crippen LogP contribution is 2.24. The molecule has 1 aliphatic heterocycles. The van der Waals surface area contributed by atoms with Crippen molar-refractivity contribution in [2.24, 2.45) is 5.92 Å². The van der Waals surface area contributed by atoms with Crippen molar-refractivity contribution in [3.05, 3.63) is 35.1 Å². The molecule has 108 valence electrons. The van der Waals surface area contributed by atoms with Gasteiger partial charge in [-0.1, -0.05) is 0 Å². The molecule has 1 saturated heterocycles. The Morgan fingerprint density at radius 1 is 1.30 bits per heavy atom. The Morgan fingerprint density at radius 3 is 2.60 bits per heavy atom. The Hall–Kier alpha value is -1.91. The molecule has 5 heteroatoms. The van der Waals surface area contributed by atoms with E-state index >= 15 is 0 Å². The molecule has 2 atom stereocenters. The number of piperidine rings is 1. The van der Waals surface area contributed by atoms with Gasteiger partial charge in [-0.2, -0.15) is 0 Å². The van der Waals surface area contributed by atoms with Crippen molar-refractivity contribution in [3.8, 4) is 0 Å². The van der Waals surface area contributed by atoms with Gasteiger partial charge in [0.1, 0.15) is 5.82 Å². The zero-order chi connectivity index (χ0) is 14.9. The fourth-order valence-electron chi connectivity index (χ4n) is 2.62. The number of aliphatic carboxylic acids is 1. The summed E-state index contributed by atoms with van der Waals surface area (Å²) in [4.78, 5) is 25.1. The molecule has 1 aromatic rings. The highest BCUT2D eigenvalue weighted by molar-refractivity contribution is 5.95. The zero-order valence-electron chi connectivity index (χ0n) is 11.6. The highest BCUT2D eigenvalue weighted by Gasteiger charge is 2.33. The predicted octanol–water partition coefficient (Wildman–Crippen LogP) is 2.46. The van der Waals surface area contributed by atoms with E-state index in [1.165, 1.54) is 17.0 Å². The molecule has 0 aliphatic carbocycles. The van der Waals surface area contributed by atoms with Crippen molar-refractivity contribution in [2.45, 2.75) is 32.7 Å². The van der Waals surface area contributed by atoms with Crippen molar-refractivity contribution in [1.82, 2.24) is 4.90 Å². The number of carbonyl (C=O) groups is 2. The number of amides is 1. The molecular formula is C15H18FNO3. The number of nitrogens with zero attached hydrogens (tertiary/aromatic N) is 1. The number of hydrogen-bond acceptors (Lipinski definition) is 2. The lowest BCUT2D eigenvalue weighted by molar-refractivity contribution is -0.143. The lowest BCUT2D eigenvalue weighted by Crippen LogP contribution is -2.47. The van der Waals surface area contributed by atoms with E-state index in [1.807, 2.05) is 6.92 Å². The van der Waals surface area contributed by atoms with Crippen LogP contribution < -0.4 is 0 Å². The van der Waals surface area contributed by atoms with Crippen LogP contribution in [0.3, 0.4) is 0 Å². The number of carboxylic acids is 1. The van der Waals surface area contributed by atoms with Gasteiger partial charge in [0.2, 0.25) is 0 Å². The van der Waals surface area contributed by atoms with Crippen molar-refractivity contribution < 1.29 is 19.1 Å². The summed E-state index contributed by atoms with van der Waals surface area (Å²) in [6.07, 6.45) is 1.22. The molecule has 1 aromatic carbocycles. The van der Waals surface area contributed by atoms with Crippen molar-refractivity contribution >= 4 is 11.9 Å². The average Bonchev–Trinajstić information content (AvgIpc) is 2.37. The van der Waals surface area contributed by atoms with Gasteiger partial charge in [0.05, 0.1) is 5.92 Å². The van der Waals surface area contributed by atoms with Gasteiger partial charge in [-0.05, 0) is 50.5 Å². The maximum atomic E-state index is 13.4. The van der Waals surface area contributed by atoms with Gasteiger partial charge in [0, 0.05) is 18.2 Å². The quantitative estimate of drug-likeness (QED) is 0.904. The van der Waals surface area contributed by atoms with Gasteiger partial charge in [-0.25, -0.2) is 4.39 Å². The summed E-state index contributed by atoms with van der Waals surface area (Å²) < 4.78 is 13.4. The molecule has 1 aliphatic rings. The van der Waals surface area contributed by atoms with Crippen LogP contribution in [-0.2, 0) is 4.79 Å². The minimum atomic E-state index is -0.884. The summed E-state index contributed by atoms with van der Waals surface area (Å²) in [5, 5.41) is 9.08. The molecule has 1 N–H and O–H groups in total. The van der Waals surface area contributed by atoms with Gasteiger partial charge in [0.15, 0.2) is 0 Å². The second-order valence-corrected chi connectivity index (χ2v) is 5.44. The Kier molecular flexibility index (Phi) is 4.06. The third-order valence-electron chi connectivity index (χ3n) is 3.78. The minimum Gasteiger partial charge on any atom is -0.481 e. The number of carboxylic acid groups (broad SMARTS) is 1. The highest BCUT2D eigenvalue weighted by atomic mass is 19.1. The van der Waals surface area contributed by atoms with E-state index in [-0.39, 0.29) is 24.1 Å². The van der Waals surface area contributed by atoms with Gasteiger partial charge < -0.3 is 10.0 Å². The molecule has 2 rings (SSSR count). The van der Waals surface area contributed by atoms with Crippen LogP contribution in [-0.4, -0.2) is 34.5 Å². The van der Waals surface area contributed by atoms with Gasteiger partial charge in [-0.3, -0.25) is 9.59 Å². The monoisotopic (exact) mass is 279 g/mol. The maximum Gasteiger partial charge on any atom is 0.308 e. The number of halogens is 1. The van der Waals surface area contributed by atoms with Gasteiger partial charge in [-0.15, -0.1) is 0 Å². The van der Waals surface area contributed by atoms with Crippen LogP contribution in [0.25, 0.3) is 0 Å². The van der Waals surface area contributed by atoms with Crippen LogP contribution in [0.1, 0.15) is 35.7 Å². The van der Waals surface area contributed by atoms with Crippen LogP contribution in [0.2, 0.25) is 0 Å². The first kappa shape index (κ1) is 14.5. The van der Waals surface area contributed by atoms with E-state index in [9.17, 15) is 14.0 Å². The third-order valence-corrected chi connectivity index (χ3v) is 3.78. The molecule has 2 unspecified atom stereocenters. The summed E-state index contributed by atoms with van der Waals surface area (Å²) in [5.74, 6) is -2.17. The van der Waals surface area contributed by atoms with E-state index < -0.39 is 17.7 Å².